The Labute approximate surface area is 115 Å². The molecule has 0 spiro atoms. The lowest BCUT2D eigenvalue weighted by Crippen LogP contribution is -2.38. The summed E-state index contributed by atoms with van der Waals surface area (Å²) in [6.45, 7) is 2.71. The SMILES string of the molecule is CN1CCN(C(=O)C2CCCC2)c2ccccc2C1. The molecule has 1 aromatic carbocycles. The van der Waals surface area contributed by atoms with Gasteiger partial charge in [0.25, 0.3) is 0 Å². The number of fused-ring (bicyclic) bond motifs is 1. The van der Waals surface area contributed by atoms with Crippen molar-refractivity contribution in [3.63, 3.8) is 0 Å². The van der Waals surface area contributed by atoms with Crippen LogP contribution in [0.1, 0.15) is 31.2 Å². The van der Waals surface area contributed by atoms with Gasteiger partial charge >= 0.3 is 0 Å². The van der Waals surface area contributed by atoms with E-state index >= 15 is 0 Å². The summed E-state index contributed by atoms with van der Waals surface area (Å²) in [6, 6.07) is 8.35. The summed E-state index contributed by atoms with van der Waals surface area (Å²) >= 11 is 0. The molecule has 3 nitrogen and oxygen atoms in total. The molecule has 2 aliphatic rings. The summed E-state index contributed by atoms with van der Waals surface area (Å²) in [5.74, 6) is 0.608. The van der Waals surface area contributed by atoms with E-state index in [4.69, 9.17) is 0 Å². The zero-order valence-corrected chi connectivity index (χ0v) is 11.6. The predicted octanol–water partition coefficient (Wildman–Crippen LogP) is 2.66. The number of anilines is 1. The van der Waals surface area contributed by atoms with E-state index in [0.717, 1.165) is 38.2 Å². The Morgan fingerprint density at radius 1 is 1.16 bits per heavy atom. The van der Waals surface area contributed by atoms with Gasteiger partial charge in [-0.2, -0.15) is 0 Å². The van der Waals surface area contributed by atoms with Crippen molar-refractivity contribution in [3.8, 4) is 0 Å². The van der Waals surface area contributed by atoms with Gasteiger partial charge in [-0.15, -0.1) is 0 Å². The summed E-state index contributed by atoms with van der Waals surface area (Å²) in [5.41, 5.74) is 2.40. The van der Waals surface area contributed by atoms with Crippen LogP contribution in [0.5, 0.6) is 0 Å². The van der Waals surface area contributed by atoms with Gasteiger partial charge in [-0.1, -0.05) is 31.0 Å². The number of hydrogen-bond acceptors (Lipinski definition) is 2. The molecule has 1 saturated carbocycles. The molecule has 0 atom stereocenters. The number of carbonyl (C=O) groups is 1. The molecule has 0 N–H and O–H groups in total. The lowest BCUT2D eigenvalue weighted by molar-refractivity contribution is -0.122. The molecule has 0 radical (unpaired) electrons. The maximum atomic E-state index is 12.7. The van der Waals surface area contributed by atoms with Gasteiger partial charge in [-0.25, -0.2) is 0 Å². The number of hydrogen-bond donors (Lipinski definition) is 0. The molecule has 0 unspecified atom stereocenters. The second-order valence-corrected chi connectivity index (χ2v) is 5.84. The van der Waals surface area contributed by atoms with Gasteiger partial charge in [-0.3, -0.25) is 4.79 Å². The Balaban J connectivity index is 1.90. The standard InChI is InChI=1S/C16H22N2O/c1-17-10-11-18(16(19)13-6-2-3-7-13)15-9-5-4-8-14(15)12-17/h4-5,8-9,13H,2-3,6-7,10-12H2,1H3. The lowest BCUT2D eigenvalue weighted by atomic mass is 10.1. The fourth-order valence-corrected chi connectivity index (χ4v) is 3.29. The Kier molecular flexibility index (Phi) is 3.56. The zero-order valence-electron chi connectivity index (χ0n) is 11.6. The van der Waals surface area contributed by atoms with Crippen molar-refractivity contribution in [1.82, 2.24) is 4.90 Å². The minimum absolute atomic E-state index is 0.261. The third-order valence-electron chi connectivity index (χ3n) is 4.40. The summed E-state index contributed by atoms with van der Waals surface area (Å²) in [4.78, 5) is 17.1. The van der Waals surface area contributed by atoms with Gasteiger partial charge < -0.3 is 9.80 Å². The van der Waals surface area contributed by atoms with E-state index in [-0.39, 0.29) is 5.92 Å². The maximum absolute atomic E-state index is 12.7. The Morgan fingerprint density at radius 2 is 1.89 bits per heavy atom. The number of para-hydroxylation sites is 1. The van der Waals surface area contributed by atoms with Crippen LogP contribution >= 0.6 is 0 Å². The molecule has 0 saturated heterocycles. The predicted molar refractivity (Wildman–Crippen MR) is 77.1 cm³/mol. The fourth-order valence-electron chi connectivity index (χ4n) is 3.29. The normalized spacial score (nSPS) is 21.2. The van der Waals surface area contributed by atoms with Crippen molar-refractivity contribution in [2.24, 2.45) is 5.92 Å². The van der Waals surface area contributed by atoms with Crippen molar-refractivity contribution < 1.29 is 4.79 Å². The van der Waals surface area contributed by atoms with Crippen LogP contribution in [0.4, 0.5) is 5.69 Å². The van der Waals surface area contributed by atoms with Gasteiger partial charge in [0.05, 0.1) is 0 Å². The van der Waals surface area contributed by atoms with Crippen LogP contribution in [-0.4, -0.2) is 30.9 Å². The molecule has 1 aliphatic carbocycles. The van der Waals surface area contributed by atoms with E-state index in [9.17, 15) is 4.79 Å². The molecule has 3 rings (SSSR count). The minimum atomic E-state index is 0.261. The Bertz CT molecular complexity index is 466. The second-order valence-electron chi connectivity index (χ2n) is 5.84. The van der Waals surface area contributed by atoms with Crippen molar-refractivity contribution in [3.05, 3.63) is 29.8 Å². The molecular weight excluding hydrogens is 236 g/mol. The van der Waals surface area contributed by atoms with Gasteiger partial charge in [0.2, 0.25) is 5.91 Å². The monoisotopic (exact) mass is 258 g/mol. The van der Waals surface area contributed by atoms with Crippen LogP contribution in [0.2, 0.25) is 0 Å². The fraction of sp³-hybridized carbons (Fsp3) is 0.562. The van der Waals surface area contributed by atoms with Gasteiger partial charge in [0.15, 0.2) is 0 Å². The van der Waals surface area contributed by atoms with Crippen LogP contribution in [0.3, 0.4) is 0 Å². The summed E-state index contributed by atoms with van der Waals surface area (Å²) < 4.78 is 0. The van der Waals surface area contributed by atoms with Gasteiger partial charge in [0.1, 0.15) is 0 Å². The summed E-state index contributed by atoms with van der Waals surface area (Å²) in [5, 5.41) is 0. The molecule has 3 heteroatoms. The highest BCUT2D eigenvalue weighted by Crippen LogP contribution is 2.31. The molecule has 1 amide bonds. The van der Waals surface area contributed by atoms with Gasteiger partial charge in [0, 0.05) is 31.2 Å². The average molecular weight is 258 g/mol. The van der Waals surface area contributed by atoms with Crippen LogP contribution < -0.4 is 4.90 Å². The average Bonchev–Trinajstić information content (AvgIpc) is 2.89. The molecule has 1 aromatic rings. The third-order valence-corrected chi connectivity index (χ3v) is 4.40. The molecule has 1 heterocycles. The highest BCUT2D eigenvalue weighted by atomic mass is 16.2. The van der Waals surface area contributed by atoms with Gasteiger partial charge in [-0.05, 0) is 31.5 Å². The van der Waals surface area contributed by atoms with E-state index in [1.165, 1.54) is 18.4 Å². The smallest absolute Gasteiger partial charge is 0.230 e. The number of carbonyl (C=O) groups excluding carboxylic acids is 1. The van der Waals surface area contributed by atoms with Crippen molar-refractivity contribution in [1.29, 1.82) is 0 Å². The third kappa shape index (κ3) is 2.52. The molecule has 19 heavy (non-hydrogen) atoms. The summed E-state index contributed by atoms with van der Waals surface area (Å²) in [7, 11) is 2.13. The van der Waals surface area contributed by atoms with Crippen LogP contribution in [0.15, 0.2) is 24.3 Å². The lowest BCUT2D eigenvalue weighted by Gasteiger charge is -2.25. The quantitative estimate of drug-likeness (QED) is 0.773. The van der Waals surface area contributed by atoms with Crippen molar-refractivity contribution in [2.45, 2.75) is 32.2 Å². The first-order valence-corrected chi connectivity index (χ1v) is 7.33. The first-order valence-electron chi connectivity index (χ1n) is 7.33. The van der Waals surface area contributed by atoms with E-state index < -0.39 is 0 Å². The maximum Gasteiger partial charge on any atom is 0.230 e. The molecule has 0 aromatic heterocycles. The minimum Gasteiger partial charge on any atom is -0.311 e. The topological polar surface area (TPSA) is 23.6 Å². The Morgan fingerprint density at radius 3 is 2.68 bits per heavy atom. The first kappa shape index (κ1) is 12.7. The Hall–Kier alpha value is -1.35. The van der Waals surface area contributed by atoms with E-state index in [1.807, 2.05) is 11.0 Å². The second kappa shape index (κ2) is 5.33. The number of nitrogens with zero attached hydrogens (tertiary/aromatic N) is 2. The number of likely N-dealkylation sites (N-methyl/N-ethyl adjacent to an activating group) is 1. The number of amides is 1. The van der Waals surface area contributed by atoms with Crippen LogP contribution in [-0.2, 0) is 11.3 Å². The van der Waals surface area contributed by atoms with Crippen molar-refractivity contribution >= 4 is 11.6 Å². The van der Waals surface area contributed by atoms with E-state index in [2.05, 4.69) is 30.1 Å². The summed E-state index contributed by atoms with van der Waals surface area (Å²) in [6.07, 6.45) is 4.58. The van der Waals surface area contributed by atoms with E-state index in [0.29, 0.717) is 5.91 Å². The van der Waals surface area contributed by atoms with Crippen LogP contribution in [0.25, 0.3) is 0 Å². The number of rotatable bonds is 1. The van der Waals surface area contributed by atoms with Crippen LogP contribution in [0, 0.1) is 5.92 Å². The van der Waals surface area contributed by atoms with Crippen molar-refractivity contribution in [2.75, 3.05) is 25.0 Å². The molecular formula is C16H22N2O. The molecule has 102 valence electrons. The zero-order chi connectivity index (χ0) is 13.2. The molecule has 1 fully saturated rings. The largest absolute Gasteiger partial charge is 0.311 e. The first-order chi connectivity index (χ1) is 9.25. The highest BCUT2D eigenvalue weighted by Gasteiger charge is 2.30. The highest BCUT2D eigenvalue weighted by molar-refractivity contribution is 5.96. The molecule has 1 aliphatic heterocycles. The van der Waals surface area contributed by atoms with E-state index in [1.54, 1.807) is 0 Å². The number of benzene rings is 1. The molecule has 0 bridgehead atoms.